The number of amides is 1. The number of aryl methyl sites for hydroxylation is 1. The number of hydrogen-bond acceptors (Lipinski definition) is 6. The zero-order valence-corrected chi connectivity index (χ0v) is 12.4. The molecule has 0 spiro atoms. The van der Waals surface area contributed by atoms with Crippen molar-refractivity contribution >= 4 is 17.5 Å². The molecule has 0 atom stereocenters. The van der Waals surface area contributed by atoms with Crippen molar-refractivity contribution in [1.29, 1.82) is 0 Å². The number of nitrogens with one attached hydrogen (secondary N) is 1. The molecule has 3 N–H and O–H groups in total. The molecular weight excluding hydrogens is 292 g/mol. The minimum atomic E-state index is -0.403. The van der Waals surface area contributed by atoms with E-state index in [-0.39, 0.29) is 11.4 Å². The van der Waals surface area contributed by atoms with Crippen LogP contribution in [-0.2, 0) is 0 Å². The normalized spacial score (nSPS) is 10.3. The number of rotatable bonds is 3. The van der Waals surface area contributed by atoms with E-state index in [2.05, 4.69) is 25.3 Å². The molecule has 114 valence electrons. The van der Waals surface area contributed by atoms with E-state index in [1.165, 1.54) is 6.20 Å². The maximum Gasteiger partial charge on any atom is 0.262 e. The van der Waals surface area contributed by atoms with Crippen LogP contribution in [-0.4, -0.2) is 25.8 Å². The number of aromatic nitrogens is 4. The number of carbonyl (C=O) groups is 1. The van der Waals surface area contributed by atoms with Gasteiger partial charge in [-0.3, -0.25) is 9.78 Å². The molecule has 0 radical (unpaired) electrons. The molecule has 7 nitrogen and oxygen atoms in total. The van der Waals surface area contributed by atoms with Crippen molar-refractivity contribution in [3.8, 4) is 11.4 Å². The maximum atomic E-state index is 12.2. The predicted octanol–water partition coefficient (Wildman–Crippen LogP) is 2.08. The Balaban J connectivity index is 1.83. The quantitative estimate of drug-likeness (QED) is 0.767. The molecule has 7 heteroatoms. The molecule has 3 rings (SSSR count). The lowest BCUT2D eigenvalue weighted by atomic mass is 10.2. The molecule has 0 aliphatic heterocycles. The van der Waals surface area contributed by atoms with Crippen molar-refractivity contribution in [2.45, 2.75) is 6.92 Å². The lowest BCUT2D eigenvalue weighted by molar-refractivity contribution is 0.102. The molecule has 0 fully saturated rings. The molecule has 0 bridgehead atoms. The molecule has 3 aromatic rings. The van der Waals surface area contributed by atoms with Crippen LogP contribution in [0.3, 0.4) is 0 Å². The molecule has 0 aliphatic rings. The third-order valence-electron chi connectivity index (χ3n) is 3.15. The topological polar surface area (TPSA) is 107 Å². The number of pyridine rings is 2. The molecule has 0 saturated carbocycles. The van der Waals surface area contributed by atoms with E-state index in [1.54, 1.807) is 36.8 Å². The second-order valence-corrected chi connectivity index (χ2v) is 4.90. The highest BCUT2D eigenvalue weighted by molar-refractivity contribution is 6.06. The van der Waals surface area contributed by atoms with Gasteiger partial charge in [0.25, 0.3) is 5.91 Å². The van der Waals surface area contributed by atoms with Gasteiger partial charge in [0.15, 0.2) is 5.82 Å². The third-order valence-corrected chi connectivity index (χ3v) is 3.15. The molecule has 3 heterocycles. The van der Waals surface area contributed by atoms with Gasteiger partial charge in [0.05, 0.1) is 0 Å². The van der Waals surface area contributed by atoms with Crippen molar-refractivity contribution in [2.24, 2.45) is 0 Å². The highest BCUT2D eigenvalue weighted by atomic mass is 16.1. The van der Waals surface area contributed by atoms with Crippen molar-refractivity contribution in [2.75, 3.05) is 11.1 Å². The predicted molar refractivity (Wildman–Crippen MR) is 86.6 cm³/mol. The van der Waals surface area contributed by atoms with E-state index in [1.807, 2.05) is 13.0 Å². The summed E-state index contributed by atoms with van der Waals surface area (Å²) in [5.74, 6) is 0.588. The first-order chi connectivity index (χ1) is 11.1. The summed E-state index contributed by atoms with van der Waals surface area (Å²) < 4.78 is 0. The summed E-state index contributed by atoms with van der Waals surface area (Å²) >= 11 is 0. The monoisotopic (exact) mass is 306 g/mol. The number of nitrogens with two attached hydrogens (primary N) is 1. The van der Waals surface area contributed by atoms with E-state index in [9.17, 15) is 4.79 Å². The second-order valence-electron chi connectivity index (χ2n) is 4.90. The average molecular weight is 306 g/mol. The van der Waals surface area contributed by atoms with Gasteiger partial charge in [0.2, 0.25) is 0 Å². The smallest absolute Gasteiger partial charge is 0.262 e. The first-order valence-corrected chi connectivity index (χ1v) is 6.90. The lowest BCUT2D eigenvalue weighted by Gasteiger charge is -2.07. The first-order valence-electron chi connectivity index (χ1n) is 6.90. The van der Waals surface area contributed by atoms with E-state index in [4.69, 9.17) is 5.73 Å². The van der Waals surface area contributed by atoms with Crippen LogP contribution in [0.25, 0.3) is 11.4 Å². The van der Waals surface area contributed by atoms with Gasteiger partial charge in [0.1, 0.15) is 17.2 Å². The fourth-order valence-corrected chi connectivity index (χ4v) is 1.94. The van der Waals surface area contributed by atoms with Gasteiger partial charge in [-0.05, 0) is 30.7 Å². The Bertz CT molecular complexity index is 833. The molecule has 0 unspecified atom stereocenters. The van der Waals surface area contributed by atoms with E-state index in [0.717, 1.165) is 11.1 Å². The fourth-order valence-electron chi connectivity index (χ4n) is 1.94. The molecule has 0 saturated heterocycles. The summed E-state index contributed by atoms with van der Waals surface area (Å²) in [5, 5.41) is 2.67. The molecular formula is C16H14N6O. The summed E-state index contributed by atoms with van der Waals surface area (Å²) in [6.45, 7) is 1.92. The molecule has 1 amide bonds. The largest absolute Gasteiger partial charge is 0.383 e. The number of carbonyl (C=O) groups excluding carboxylic acids is 1. The van der Waals surface area contributed by atoms with Crippen LogP contribution in [0.15, 0.2) is 49.1 Å². The highest BCUT2D eigenvalue weighted by Gasteiger charge is 2.14. The van der Waals surface area contributed by atoms with Crippen LogP contribution in [0.4, 0.5) is 11.6 Å². The number of nitrogen functional groups attached to an aromatic ring is 1. The van der Waals surface area contributed by atoms with Crippen LogP contribution in [0.2, 0.25) is 0 Å². The molecule has 23 heavy (non-hydrogen) atoms. The van der Waals surface area contributed by atoms with Gasteiger partial charge in [-0.1, -0.05) is 6.07 Å². The van der Waals surface area contributed by atoms with E-state index in [0.29, 0.717) is 11.6 Å². The Morgan fingerprint density at radius 3 is 2.52 bits per heavy atom. The third kappa shape index (κ3) is 3.29. The van der Waals surface area contributed by atoms with Crippen molar-refractivity contribution in [1.82, 2.24) is 19.9 Å². The Morgan fingerprint density at radius 2 is 1.87 bits per heavy atom. The zero-order chi connectivity index (χ0) is 16.2. The minimum absolute atomic E-state index is 0.108. The van der Waals surface area contributed by atoms with Gasteiger partial charge >= 0.3 is 0 Å². The van der Waals surface area contributed by atoms with Crippen LogP contribution in [0.5, 0.6) is 0 Å². The van der Waals surface area contributed by atoms with Gasteiger partial charge in [-0.2, -0.15) is 0 Å². The van der Waals surface area contributed by atoms with Gasteiger partial charge in [-0.15, -0.1) is 0 Å². The summed E-state index contributed by atoms with van der Waals surface area (Å²) in [6, 6.07) is 7.11. The Labute approximate surface area is 132 Å². The number of anilines is 2. The number of nitrogens with zero attached hydrogens (tertiary/aromatic N) is 4. The van der Waals surface area contributed by atoms with Crippen LogP contribution in [0, 0.1) is 6.92 Å². The van der Waals surface area contributed by atoms with Gasteiger partial charge in [-0.25, -0.2) is 15.0 Å². The van der Waals surface area contributed by atoms with Crippen LogP contribution in [0.1, 0.15) is 15.9 Å². The molecule has 0 aliphatic carbocycles. The highest BCUT2D eigenvalue weighted by Crippen LogP contribution is 2.17. The number of hydrogen-bond donors (Lipinski definition) is 2. The Kier molecular flexibility index (Phi) is 3.92. The second kappa shape index (κ2) is 6.18. The Hall–Kier alpha value is -3.35. The summed E-state index contributed by atoms with van der Waals surface area (Å²) in [5.41, 5.74) is 7.87. The average Bonchev–Trinajstić information content (AvgIpc) is 2.57. The Morgan fingerprint density at radius 1 is 1.09 bits per heavy atom. The van der Waals surface area contributed by atoms with Gasteiger partial charge in [0, 0.05) is 30.4 Å². The molecule has 0 aromatic carbocycles. The lowest BCUT2D eigenvalue weighted by Crippen LogP contribution is -2.16. The van der Waals surface area contributed by atoms with Gasteiger partial charge < -0.3 is 11.1 Å². The SMILES string of the molecule is Cc1ccc(NC(=O)c2cnc(-c3ccncc3)nc2N)nc1. The van der Waals surface area contributed by atoms with Crippen LogP contribution < -0.4 is 11.1 Å². The minimum Gasteiger partial charge on any atom is -0.383 e. The van der Waals surface area contributed by atoms with E-state index < -0.39 is 5.91 Å². The zero-order valence-electron chi connectivity index (χ0n) is 12.4. The van der Waals surface area contributed by atoms with Crippen molar-refractivity contribution < 1.29 is 4.79 Å². The first kappa shape index (κ1) is 14.6. The van der Waals surface area contributed by atoms with E-state index >= 15 is 0 Å². The van der Waals surface area contributed by atoms with Crippen molar-refractivity contribution in [3.63, 3.8) is 0 Å². The van der Waals surface area contributed by atoms with Crippen LogP contribution >= 0.6 is 0 Å². The maximum absolute atomic E-state index is 12.2. The van der Waals surface area contributed by atoms with Crippen molar-refractivity contribution in [3.05, 3.63) is 60.2 Å². The summed E-state index contributed by atoms with van der Waals surface area (Å²) in [6.07, 6.45) is 6.35. The standard InChI is InChI=1S/C16H14N6O/c1-10-2-3-13(19-8-10)21-16(23)12-9-20-15(22-14(12)17)11-4-6-18-7-5-11/h2-9H,1H3,(H2,17,20,22)(H,19,21,23). The fraction of sp³-hybridized carbons (Fsp3) is 0.0625. The summed E-state index contributed by atoms with van der Waals surface area (Å²) in [4.78, 5) is 28.7. The molecule has 3 aromatic heterocycles. The summed E-state index contributed by atoms with van der Waals surface area (Å²) in [7, 11) is 0.